The number of aryl methyl sites for hydroxylation is 2. The summed E-state index contributed by atoms with van der Waals surface area (Å²) in [6, 6.07) is 2.29. The van der Waals surface area contributed by atoms with E-state index in [1.807, 2.05) is 6.92 Å². The van der Waals surface area contributed by atoms with Gasteiger partial charge in [0.1, 0.15) is 22.4 Å². The first-order valence-electron chi connectivity index (χ1n) is 8.40. The standard InChI is InChI=1S/C18H21N3O2S/c1-4-11-6-7-12-13(9-19)18(24-15(12)8-11)20-17(22)16-10(3)23-21-14(16)5-2/h11H,4-8H2,1-3H3,(H,20,22). The molecule has 3 rings (SSSR count). The van der Waals surface area contributed by atoms with Crippen LogP contribution in [0.2, 0.25) is 0 Å². The molecule has 1 aliphatic carbocycles. The molecule has 6 heteroatoms. The van der Waals surface area contributed by atoms with E-state index in [0.29, 0.717) is 39.9 Å². The van der Waals surface area contributed by atoms with E-state index < -0.39 is 0 Å². The third-order valence-electron chi connectivity index (χ3n) is 4.78. The van der Waals surface area contributed by atoms with Crippen LogP contribution < -0.4 is 5.32 Å². The minimum Gasteiger partial charge on any atom is -0.361 e. The minimum atomic E-state index is -0.243. The molecule has 1 N–H and O–H groups in total. The molecule has 1 amide bonds. The van der Waals surface area contributed by atoms with Crippen molar-refractivity contribution < 1.29 is 9.32 Å². The summed E-state index contributed by atoms with van der Waals surface area (Å²) in [5.74, 6) is 0.946. The van der Waals surface area contributed by atoms with Crippen molar-refractivity contribution in [3.8, 4) is 6.07 Å². The van der Waals surface area contributed by atoms with Gasteiger partial charge >= 0.3 is 0 Å². The van der Waals surface area contributed by atoms with E-state index in [2.05, 4.69) is 23.5 Å². The van der Waals surface area contributed by atoms with Crippen molar-refractivity contribution in [2.75, 3.05) is 5.32 Å². The topological polar surface area (TPSA) is 78.9 Å². The van der Waals surface area contributed by atoms with Crippen molar-refractivity contribution in [2.45, 2.75) is 52.9 Å². The fourth-order valence-electron chi connectivity index (χ4n) is 3.32. The lowest BCUT2D eigenvalue weighted by Gasteiger charge is -2.20. The molecule has 0 bridgehead atoms. The highest BCUT2D eigenvalue weighted by molar-refractivity contribution is 7.16. The molecule has 1 aliphatic rings. The zero-order valence-electron chi connectivity index (χ0n) is 14.2. The summed E-state index contributed by atoms with van der Waals surface area (Å²) in [7, 11) is 0. The fraction of sp³-hybridized carbons (Fsp3) is 0.500. The Morgan fingerprint density at radius 2 is 2.29 bits per heavy atom. The van der Waals surface area contributed by atoms with Gasteiger partial charge in [-0.1, -0.05) is 25.4 Å². The molecule has 24 heavy (non-hydrogen) atoms. The lowest BCUT2D eigenvalue weighted by molar-refractivity contribution is 0.102. The highest BCUT2D eigenvalue weighted by Crippen LogP contribution is 2.40. The number of aromatic nitrogens is 1. The average molecular weight is 343 g/mol. The highest BCUT2D eigenvalue weighted by Gasteiger charge is 2.27. The molecule has 0 spiro atoms. The van der Waals surface area contributed by atoms with Gasteiger partial charge in [-0.05, 0) is 44.1 Å². The molecule has 2 aromatic rings. The zero-order valence-corrected chi connectivity index (χ0v) is 15.0. The summed E-state index contributed by atoms with van der Waals surface area (Å²) in [5.41, 5.74) is 2.89. The third-order valence-corrected chi connectivity index (χ3v) is 5.95. The zero-order chi connectivity index (χ0) is 17.3. The SMILES string of the molecule is CCc1noc(C)c1C(=O)Nc1sc2c(c1C#N)CCC(CC)C2. The first-order chi connectivity index (χ1) is 11.6. The Labute approximate surface area is 145 Å². The molecule has 0 radical (unpaired) electrons. The minimum absolute atomic E-state index is 0.243. The molecule has 1 atom stereocenters. The van der Waals surface area contributed by atoms with Gasteiger partial charge in [-0.25, -0.2) is 0 Å². The fourth-order valence-corrected chi connectivity index (χ4v) is 4.63. The van der Waals surface area contributed by atoms with Crippen LogP contribution in [0.1, 0.15) is 64.5 Å². The summed E-state index contributed by atoms with van der Waals surface area (Å²) in [6.07, 6.45) is 4.83. The monoisotopic (exact) mass is 343 g/mol. The molecule has 5 nitrogen and oxygen atoms in total. The molecule has 126 valence electrons. The van der Waals surface area contributed by atoms with Gasteiger partial charge < -0.3 is 9.84 Å². The van der Waals surface area contributed by atoms with Crippen LogP contribution in [0, 0.1) is 24.2 Å². The predicted octanol–water partition coefficient (Wildman–Crippen LogP) is 4.25. The number of carbonyl (C=O) groups is 1. The van der Waals surface area contributed by atoms with E-state index in [1.54, 1.807) is 18.3 Å². The number of hydrogen-bond donors (Lipinski definition) is 1. The Morgan fingerprint density at radius 1 is 1.50 bits per heavy atom. The van der Waals surface area contributed by atoms with Gasteiger partial charge in [-0.2, -0.15) is 5.26 Å². The van der Waals surface area contributed by atoms with Gasteiger partial charge in [0.05, 0.1) is 11.3 Å². The van der Waals surface area contributed by atoms with E-state index in [1.165, 1.54) is 4.88 Å². The van der Waals surface area contributed by atoms with E-state index >= 15 is 0 Å². The molecule has 1 unspecified atom stereocenters. The number of nitrogens with one attached hydrogen (secondary N) is 1. The van der Waals surface area contributed by atoms with Crippen molar-refractivity contribution in [1.82, 2.24) is 5.16 Å². The van der Waals surface area contributed by atoms with Crippen LogP contribution in [0.4, 0.5) is 5.00 Å². The second-order valence-electron chi connectivity index (χ2n) is 6.20. The van der Waals surface area contributed by atoms with Crippen LogP contribution >= 0.6 is 11.3 Å². The van der Waals surface area contributed by atoms with Crippen molar-refractivity contribution in [3.05, 3.63) is 33.0 Å². The number of amides is 1. The Bertz CT molecular complexity index is 813. The number of nitriles is 1. The summed E-state index contributed by atoms with van der Waals surface area (Å²) in [4.78, 5) is 13.9. The first-order valence-corrected chi connectivity index (χ1v) is 9.21. The van der Waals surface area contributed by atoms with Gasteiger partial charge in [0.25, 0.3) is 5.91 Å². The lowest BCUT2D eigenvalue weighted by Crippen LogP contribution is -2.14. The van der Waals surface area contributed by atoms with Gasteiger partial charge in [-0.15, -0.1) is 11.3 Å². The summed E-state index contributed by atoms with van der Waals surface area (Å²) in [5, 5.41) is 17.1. The van der Waals surface area contributed by atoms with Crippen molar-refractivity contribution in [2.24, 2.45) is 5.92 Å². The normalized spacial score (nSPS) is 16.5. The van der Waals surface area contributed by atoms with Crippen LogP contribution in [-0.2, 0) is 19.3 Å². The summed E-state index contributed by atoms with van der Waals surface area (Å²) < 4.78 is 5.14. The van der Waals surface area contributed by atoms with E-state index in [4.69, 9.17) is 4.52 Å². The second kappa shape index (κ2) is 6.78. The number of hydrogen-bond acceptors (Lipinski definition) is 5. The molecule has 0 aromatic carbocycles. The molecule has 0 saturated heterocycles. The smallest absolute Gasteiger partial charge is 0.261 e. The predicted molar refractivity (Wildman–Crippen MR) is 93.4 cm³/mol. The maximum Gasteiger partial charge on any atom is 0.261 e. The summed E-state index contributed by atoms with van der Waals surface area (Å²) >= 11 is 1.55. The first kappa shape index (κ1) is 16.7. The number of rotatable bonds is 4. The molecule has 0 saturated carbocycles. The average Bonchev–Trinajstić information content (AvgIpc) is 3.13. The van der Waals surface area contributed by atoms with Crippen molar-refractivity contribution in [1.29, 1.82) is 5.26 Å². The van der Waals surface area contributed by atoms with E-state index in [-0.39, 0.29) is 5.91 Å². The Kier molecular flexibility index (Phi) is 4.72. The van der Waals surface area contributed by atoms with Crippen LogP contribution in [0.25, 0.3) is 0 Å². The highest BCUT2D eigenvalue weighted by atomic mass is 32.1. The van der Waals surface area contributed by atoms with Gasteiger partial charge in [0, 0.05) is 4.88 Å². The molecular formula is C18H21N3O2S. The molecular weight excluding hydrogens is 322 g/mol. The number of anilines is 1. The van der Waals surface area contributed by atoms with Crippen LogP contribution in [0.3, 0.4) is 0 Å². The Hall–Kier alpha value is -2.13. The van der Waals surface area contributed by atoms with E-state index in [9.17, 15) is 10.1 Å². The van der Waals surface area contributed by atoms with Crippen LogP contribution in [0.15, 0.2) is 4.52 Å². The van der Waals surface area contributed by atoms with Gasteiger partial charge in [-0.3, -0.25) is 4.79 Å². The maximum absolute atomic E-state index is 12.7. The van der Waals surface area contributed by atoms with Crippen LogP contribution in [0.5, 0.6) is 0 Å². The summed E-state index contributed by atoms with van der Waals surface area (Å²) in [6.45, 7) is 5.87. The van der Waals surface area contributed by atoms with Gasteiger partial charge in [0.15, 0.2) is 0 Å². The maximum atomic E-state index is 12.7. The number of carbonyl (C=O) groups excluding carboxylic acids is 1. The van der Waals surface area contributed by atoms with Gasteiger partial charge in [0.2, 0.25) is 0 Å². The Morgan fingerprint density at radius 3 is 2.96 bits per heavy atom. The lowest BCUT2D eigenvalue weighted by atomic mass is 9.86. The largest absolute Gasteiger partial charge is 0.361 e. The number of thiophene rings is 1. The molecule has 2 aromatic heterocycles. The molecule has 0 aliphatic heterocycles. The molecule has 0 fully saturated rings. The molecule has 2 heterocycles. The second-order valence-corrected chi connectivity index (χ2v) is 7.31. The number of fused-ring (bicyclic) bond motifs is 1. The van der Waals surface area contributed by atoms with E-state index in [0.717, 1.165) is 31.2 Å². The van der Waals surface area contributed by atoms with Crippen LogP contribution in [-0.4, -0.2) is 11.1 Å². The Balaban J connectivity index is 1.91. The quantitative estimate of drug-likeness (QED) is 0.900. The van der Waals surface area contributed by atoms with Crippen molar-refractivity contribution in [3.63, 3.8) is 0 Å². The number of nitrogens with zero attached hydrogens (tertiary/aromatic N) is 2. The third kappa shape index (κ3) is 2.84. The van der Waals surface area contributed by atoms with Crippen molar-refractivity contribution >= 4 is 22.2 Å².